The molecule has 1 rings (SSSR count). The van der Waals surface area contributed by atoms with Crippen LogP contribution in [0.2, 0.25) is 0 Å². The van der Waals surface area contributed by atoms with E-state index in [9.17, 15) is 14.7 Å². The Morgan fingerprint density at radius 1 is 1.33 bits per heavy atom. The zero-order chi connectivity index (χ0) is 13.9. The SMILES string of the molecule is CC(=O)C(Br)c1cc(CCl)cc(C(O)C(=O)O)c1. The minimum atomic E-state index is -1.63. The van der Waals surface area contributed by atoms with E-state index in [1.165, 1.54) is 19.1 Å². The zero-order valence-electron chi connectivity index (χ0n) is 9.56. The van der Waals surface area contributed by atoms with Crippen LogP contribution in [-0.2, 0) is 15.5 Å². The van der Waals surface area contributed by atoms with E-state index < -0.39 is 16.9 Å². The first-order chi connectivity index (χ1) is 8.36. The molecule has 0 aliphatic carbocycles. The van der Waals surface area contributed by atoms with Gasteiger partial charge >= 0.3 is 5.97 Å². The van der Waals surface area contributed by atoms with Gasteiger partial charge in [0.25, 0.3) is 0 Å². The number of carbonyl (C=O) groups excluding carboxylic acids is 1. The highest BCUT2D eigenvalue weighted by Gasteiger charge is 2.20. The van der Waals surface area contributed by atoms with Crippen molar-refractivity contribution < 1.29 is 19.8 Å². The second-order valence-corrected chi connectivity index (χ2v) is 5.04. The topological polar surface area (TPSA) is 74.6 Å². The average Bonchev–Trinajstić information content (AvgIpc) is 2.35. The van der Waals surface area contributed by atoms with Gasteiger partial charge in [-0.2, -0.15) is 0 Å². The number of benzene rings is 1. The molecule has 2 unspecified atom stereocenters. The van der Waals surface area contributed by atoms with Crippen molar-refractivity contribution in [3.05, 3.63) is 34.9 Å². The minimum absolute atomic E-state index is 0.113. The molecule has 0 aliphatic heterocycles. The van der Waals surface area contributed by atoms with Gasteiger partial charge in [0.1, 0.15) is 5.78 Å². The third-order valence-electron chi connectivity index (χ3n) is 2.39. The third kappa shape index (κ3) is 3.54. The predicted molar refractivity (Wildman–Crippen MR) is 70.9 cm³/mol. The van der Waals surface area contributed by atoms with Crippen molar-refractivity contribution in [2.45, 2.75) is 23.7 Å². The summed E-state index contributed by atoms with van der Waals surface area (Å²) >= 11 is 8.92. The lowest BCUT2D eigenvalue weighted by molar-refractivity contribution is -0.146. The Hall–Kier alpha value is -0.910. The molecule has 2 N–H and O–H groups in total. The van der Waals surface area contributed by atoms with Crippen molar-refractivity contribution in [1.29, 1.82) is 0 Å². The molecule has 0 heterocycles. The number of carboxylic acids is 1. The van der Waals surface area contributed by atoms with Crippen LogP contribution >= 0.6 is 27.5 Å². The lowest BCUT2D eigenvalue weighted by atomic mass is 9.99. The number of carbonyl (C=O) groups is 2. The maximum Gasteiger partial charge on any atom is 0.337 e. The Morgan fingerprint density at radius 2 is 1.89 bits per heavy atom. The van der Waals surface area contributed by atoms with Crippen LogP contribution < -0.4 is 0 Å². The molecule has 0 fully saturated rings. The molecule has 0 aromatic heterocycles. The highest BCUT2D eigenvalue weighted by atomic mass is 79.9. The fourth-order valence-corrected chi connectivity index (χ4v) is 1.92. The quantitative estimate of drug-likeness (QED) is 0.811. The number of halogens is 2. The van der Waals surface area contributed by atoms with E-state index in [4.69, 9.17) is 16.7 Å². The molecule has 2 atom stereocenters. The maximum absolute atomic E-state index is 11.3. The lowest BCUT2D eigenvalue weighted by Gasteiger charge is -2.13. The predicted octanol–water partition coefficient (Wildman–Crippen LogP) is 2.57. The number of carboxylic acid groups (broad SMARTS) is 1. The van der Waals surface area contributed by atoms with Crippen LogP contribution in [0.4, 0.5) is 0 Å². The summed E-state index contributed by atoms with van der Waals surface area (Å²) in [5.41, 5.74) is 1.44. The maximum atomic E-state index is 11.3. The van der Waals surface area contributed by atoms with Gasteiger partial charge in [-0.25, -0.2) is 4.79 Å². The van der Waals surface area contributed by atoms with Crippen molar-refractivity contribution in [3.63, 3.8) is 0 Å². The largest absolute Gasteiger partial charge is 0.479 e. The van der Waals surface area contributed by atoms with E-state index in [-0.39, 0.29) is 17.2 Å². The van der Waals surface area contributed by atoms with Crippen molar-refractivity contribution in [1.82, 2.24) is 0 Å². The monoisotopic (exact) mass is 334 g/mol. The smallest absolute Gasteiger partial charge is 0.337 e. The van der Waals surface area contributed by atoms with Gasteiger partial charge in [-0.3, -0.25) is 4.79 Å². The summed E-state index contributed by atoms with van der Waals surface area (Å²) in [6, 6.07) is 4.69. The van der Waals surface area contributed by atoms with Crippen LogP contribution in [0.25, 0.3) is 0 Å². The Balaban J connectivity index is 3.25. The Kier molecular flexibility index (Phi) is 5.31. The summed E-state index contributed by atoms with van der Waals surface area (Å²) in [6.45, 7) is 1.42. The number of Topliss-reactive ketones (excluding diaryl/α,β-unsaturated/α-hetero) is 1. The molecule has 0 saturated heterocycles. The van der Waals surface area contributed by atoms with Gasteiger partial charge in [0.05, 0.1) is 4.83 Å². The number of aliphatic carboxylic acids is 1. The third-order valence-corrected chi connectivity index (χ3v) is 3.87. The average molecular weight is 336 g/mol. The first-order valence-electron chi connectivity index (χ1n) is 5.12. The van der Waals surface area contributed by atoms with Crippen molar-refractivity contribution in [3.8, 4) is 0 Å². The van der Waals surface area contributed by atoms with Crippen LogP contribution in [0.1, 0.15) is 34.5 Å². The van der Waals surface area contributed by atoms with E-state index in [0.29, 0.717) is 11.1 Å². The molecule has 0 bridgehead atoms. The summed E-state index contributed by atoms with van der Waals surface area (Å²) in [7, 11) is 0. The van der Waals surface area contributed by atoms with Crippen LogP contribution in [0.5, 0.6) is 0 Å². The fourth-order valence-electron chi connectivity index (χ4n) is 1.50. The molecule has 0 radical (unpaired) electrons. The van der Waals surface area contributed by atoms with Gasteiger partial charge in [0.2, 0.25) is 0 Å². The normalized spacial score (nSPS) is 14.0. The van der Waals surface area contributed by atoms with E-state index in [2.05, 4.69) is 15.9 Å². The van der Waals surface area contributed by atoms with Gasteiger partial charge in [-0.05, 0) is 23.6 Å². The standard InChI is InChI=1S/C12H12BrClO4/c1-6(15)10(13)8-2-7(5-14)3-9(4-8)11(16)12(17)18/h2-4,10-11,16H,5H2,1H3,(H,17,18). The van der Waals surface area contributed by atoms with Gasteiger partial charge < -0.3 is 10.2 Å². The van der Waals surface area contributed by atoms with E-state index in [1.807, 2.05) is 0 Å². The van der Waals surface area contributed by atoms with Crippen LogP contribution in [0.3, 0.4) is 0 Å². The summed E-state index contributed by atoms with van der Waals surface area (Å²) in [5.74, 6) is -1.29. The summed E-state index contributed by atoms with van der Waals surface area (Å²) < 4.78 is 0. The molecule has 6 heteroatoms. The molecule has 0 amide bonds. The minimum Gasteiger partial charge on any atom is -0.479 e. The van der Waals surface area contributed by atoms with Gasteiger partial charge in [-0.15, -0.1) is 11.6 Å². The zero-order valence-corrected chi connectivity index (χ0v) is 11.9. The number of hydrogen-bond acceptors (Lipinski definition) is 3. The van der Waals surface area contributed by atoms with Crippen molar-refractivity contribution in [2.24, 2.45) is 0 Å². The number of rotatable bonds is 5. The number of aliphatic hydroxyl groups is 1. The lowest BCUT2D eigenvalue weighted by Crippen LogP contribution is -2.12. The van der Waals surface area contributed by atoms with E-state index >= 15 is 0 Å². The molecule has 4 nitrogen and oxygen atoms in total. The number of hydrogen-bond donors (Lipinski definition) is 2. The van der Waals surface area contributed by atoms with Crippen molar-refractivity contribution in [2.75, 3.05) is 0 Å². The molecular formula is C12H12BrClO4. The first kappa shape index (κ1) is 15.1. The molecular weight excluding hydrogens is 323 g/mol. The van der Waals surface area contributed by atoms with Gasteiger partial charge in [0.15, 0.2) is 6.10 Å². The van der Waals surface area contributed by atoms with Crippen LogP contribution in [-0.4, -0.2) is 22.0 Å². The fraction of sp³-hybridized carbons (Fsp3) is 0.333. The summed E-state index contributed by atoms with van der Waals surface area (Å²) in [4.78, 5) is 21.5. The Morgan fingerprint density at radius 3 is 2.33 bits per heavy atom. The van der Waals surface area contributed by atoms with Crippen LogP contribution in [0, 0.1) is 0 Å². The molecule has 0 spiro atoms. The summed E-state index contributed by atoms with van der Waals surface area (Å²) in [5, 5.41) is 18.3. The molecule has 98 valence electrons. The molecule has 1 aromatic carbocycles. The second-order valence-electron chi connectivity index (χ2n) is 3.86. The van der Waals surface area contributed by atoms with Gasteiger partial charge in [-0.1, -0.05) is 34.1 Å². The Labute approximate surface area is 118 Å². The molecule has 0 aliphatic rings. The van der Waals surface area contributed by atoms with Crippen LogP contribution in [0.15, 0.2) is 18.2 Å². The summed E-state index contributed by atoms with van der Waals surface area (Å²) in [6.07, 6.45) is -1.63. The van der Waals surface area contributed by atoms with E-state index in [1.54, 1.807) is 6.07 Å². The van der Waals surface area contributed by atoms with Crippen molar-refractivity contribution >= 4 is 39.3 Å². The number of ketones is 1. The second kappa shape index (κ2) is 6.31. The number of alkyl halides is 2. The Bertz CT molecular complexity index is 437. The van der Waals surface area contributed by atoms with E-state index in [0.717, 1.165) is 0 Å². The number of aliphatic hydroxyl groups excluding tert-OH is 1. The highest BCUT2D eigenvalue weighted by molar-refractivity contribution is 9.09. The first-order valence-corrected chi connectivity index (χ1v) is 6.57. The molecule has 0 saturated carbocycles. The molecule has 18 heavy (non-hydrogen) atoms. The highest BCUT2D eigenvalue weighted by Crippen LogP contribution is 2.28. The van der Waals surface area contributed by atoms with Gasteiger partial charge in [0, 0.05) is 5.88 Å². The molecule has 1 aromatic rings.